The van der Waals surface area contributed by atoms with Crippen molar-refractivity contribution < 1.29 is 13.6 Å². The predicted molar refractivity (Wildman–Crippen MR) is 53.2 cm³/mol. The lowest BCUT2D eigenvalue weighted by Gasteiger charge is -2.23. The summed E-state index contributed by atoms with van der Waals surface area (Å²) >= 11 is 0. The molecule has 0 saturated heterocycles. The summed E-state index contributed by atoms with van der Waals surface area (Å²) in [5.74, 6) is -0.177. The highest BCUT2D eigenvalue weighted by molar-refractivity contribution is 5.93. The molecule has 0 aliphatic carbocycles. The van der Waals surface area contributed by atoms with Crippen LogP contribution in [0.3, 0.4) is 0 Å². The Morgan fingerprint density at radius 3 is 3.00 bits per heavy atom. The highest BCUT2D eigenvalue weighted by atomic mass is 19.1. The number of aryl methyl sites for hydroxylation is 1. The molecule has 0 bridgehead atoms. The number of amides is 1. The van der Waals surface area contributed by atoms with Gasteiger partial charge in [-0.2, -0.15) is 0 Å². The van der Waals surface area contributed by atoms with Gasteiger partial charge >= 0.3 is 0 Å². The van der Waals surface area contributed by atoms with Gasteiger partial charge < -0.3 is 9.32 Å². The third-order valence-electron chi connectivity index (χ3n) is 2.45. The molecule has 1 aromatic rings. The summed E-state index contributed by atoms with van der Waals surface area (Å²) < 4.78 is 18.1. The van der Waals surface area contributed by atoms with E-state index in [9.17, 15) is 9.18 Å². The van der Waals surface area contributed by atoms with E-state index >= 15 is 0 Å². The van der Waals surface area contributed by atoms with Crippen LogP contribution in [-0.2, 0) is 0 Å². The molecule has 80 valence electrons. The normalized spacial score (nSPS) is 16.4. The zero-order valence-corrected chi connectivity index (χ0v) is 8.50. The zero-order valence-electron chi connectivity index (χ0n) is 8.50. The first-order chi connectivity index (χ1) is 7.18. The lowest BCUT2D eigenvalue weighted by atomic mass is 10.2. The van der Waals surface area contributed by atoms with Crippen LogP contribution in [0.2, 0.25) is 0 Å². The number of nitrogens with zero attached hydrogens (tertiary/aromatic N) is 1. The van der Waals surface area contributed by atoms with Crippen molar-refractivity contribution in [3.05, 3.63) is 35.6 Å². The summed E-state index contributed by atoms with van der Waals surface area (Å²) in [6.45, 7) is 2.40. The summed E-state index contributed by atoms with van der Waals surface area (Å²) in [5, 5.41) is 0. The van der Waals surface area contributed by atoms with Gasteiger partial charge in [-0.1, -0.05) is 0 Å². The molecule has 0 saturated carbocycles. The first-order valence-corrected chi connectivity index (χ1v) is 4.86. The molecule has 1 aliphatic rings. The molecule has 0 spiro atoms. The average molecular weight is 209 g/mol. The molecule has 0 radical (unpaired) electrons. The SMILES string of the molecule is Cc1ccoc1C(=O)N1CCC=C(F)C1. The molecule has 0 fully saturated rings. The van der Waals surface area contributed by atoms with Crippen molar-refractivity contribution in [1.82, 2.24) is 4.90 Å². The molecule has 15 heavy (non-hydrogen) atoms. The number of carbonyl (C=O) groups is 1. The maximum absolute atomic E-state index is 13.0. The molecule has 0 unspecified atom stereocenters. The van der Waals surface area contributed by atoms with Gasteiger partial charge in [0.15, 0.2) is 5.76 Å². The highest BCUT2D eigenvalue weighted by Gasteiger charge is 2.23. The minimum absolute atomic E-state index is 0.0545. The Bertz CT molecular complexity index is 408. The zero-order chi connectivity index (χ0) is 10.8. The van der Waals surface area contributed by atoms with Gasteiger partial charge in [0.2, 0.25) is 0 Å². The van der Waals surface area contributed by atoms with E-state index < -0.39 is 0 Å². The lowest BCUT2D eigenvalue weighted by molar-refractivity contribution is 0.0722. The highest BCUT2D eigenvalue weighted by Crippen LogP contribution is 2.16. The van der Waals surface area contributed by atoms with Crippen LogP contribution in [0.5, 0.6) is 0 Å². The Balaban J connectivity index is 2.16. The quantitative estimate of drug-likeness (QED) is 0.711. The van der Waals surface area contributed by atoms with Gasteiger partial charge in [0, 0.05) is 12.1 Å². The summed E-state index contributed by atoms with van der Waals surface area (Å²) in [6.07, 6.45) is 3.55. The molecule has 2 rings (SSSR count). The summed E-state index contributed by atoms with van der Waals surface area (Å²) in [7, 11) is 0. The number of hydrogen-bond acceptors (Lipinski definition) is 2. The number of halogens is 1. The molecule has 0 atom stereocenters. The van der Waals surface area contributed by atoms with Gasteiger partial charge in [0.25, 0.3) is 5.91 Å². The average Bonchev–Trinajstić information content (AvgIpc) is 2.63. The second-order valence-corrected chi connectivity index (χ2v) is 3.60. The van der Waals surface area contributed by atoms with Crippen molar-refractivity contribution >= 4 is 5.91 Å². The Morgan fingerprint density at radius 1 is 1.60 bits per heavy atom. The van der Waals surface area contributed by atoms with Gasteiger partial charge in [0.1, 0.15) is 5.83 Å². The van der Waals surface area contributed by atoms with E-state index in [0.29, 0.717) is 18.7 Å². The van der Waals surface area contributed by atoms with E-state index in [-0.39, 0.29) is 18.3 Å². The van der Waals surface area contributed by atoms with Crippen molar-refractivity contribution in [3.8, 4) is 0 Å². The predicted octanol–water partition coefficient (Wildman–Crippen LogP) is 2.29. The van der Waals surface area contributed by atoms with Gasteiger partial charge in [-0.15, -0.1) is 0 Å². The summed E-state index contributed by atoms with van der Waals surface area (Å²) in [5.41, 5.74) is 0.787. The smallest absolute Gasteiger partial charge is 0.290 e. The lowest BCUT2D eigenvalue weighted by Crippen LogP contribution is -2.35. The third kappa shape index (κ3) is 1.93. The number of carbonyl (C=O) groups excluding carboxylic acids is 1. The molecular weight excluding hydrogens is 197 g/mol. The molecule has 1 aromatic heterocycles. The first kappa shape index (κ1) is 9.96. The number of hydrogen-bond donors (Lipinski definition) is 0. The monoisotopic (exact) mass is 209 g/mol. The Labute approximate surface area is 87.2 Å². The molecule has 2 heterocycles. The fourth-order valence-corrected chi connectivity index (χ4v) is 1.61. The number of furan rings is 1. The molecule has 1 aliphatic heterocycles. The van der Waals surface area contributed by atoms with Crippen molar-refractivity contribution in [3.63, 3.8) is 0 Å². The van der Waals surface area contributed by atoms with E-state index in [1.165, 1.54) is 17.2 Å². The van der Waals surface area contributed by atoms with E-state index in [1.807, 2.05) is 0 Å². The van der Waals surface area contributed by atoms with Crippen LogP contribution >= 0.6 is 0 Å². The van der Waals surface area contributed by atoms with E-state index in [0.717, 1.165) is 5.56 Å². The summed E-state index contributed by atoms with van der Waals surface area (Å²) in [4.78, 5) is 13.3. The van der Waals surface area contributed by atoms with E-state index in [4.69, 9.17) is 4.42 Å². The second kappa shape index (κ2) is 3.88. The van der Waals surface area contributed by atoms with Crippen LogP contribution < -0.4 is 0 Å². The van der Waals surface area contributed by atoms with Gasteiger partial charge in [-0.05, 0) is 25.5 Å². The minimum Gasteiger partial charge on any atom is -0.459 e. The van der Waals surface area contributed by atoms with E-state index in [1.54, 1.807) is 13.0 Å². The van der Waals surface area contributed by atoms with Crippen molar-refractivity contribution in [2.75, 3.05) is 13.1 Å². The Hall–Kier alpha value is -1.58. The van der Waals surface area contributed by atoms with Gasteiger partial charge in [-0.25, -0.2) is 4.39 Å². The maximum Gasteiger partial charge on any atom is 0.290 e. The van der Waals surface area contributed by atoms with Crippen LogP contribution in [0.1, 0.15) is 22.5 Å². The molecule has 3 nitrogen and oxygen atoms in total. The van der Waals surface area contributed by atoms with Gasteiger partial charge in [-0.3, -0.25) is 4.79 Å². The molecule has 0 aromatic carbocycles. The first-order valence-electron chi connectivity index (χ1n) is 4.86. The largest absolute Gasteiger partial charge is 0.459 e. The fourth-order valence-electron chi connectivity index (χ4n) is 1.61. The van der Waals surface area contributed by atoms with Crippen LogP contribution in [0.15, 0.2) is 28.6 Å². The molecule has 4 heteroatoms. The molecule has 1 amide bonds. The molecule has 0 N–H and O–H groups in total. The number of rotatable bonds is 1. The fraction of sp³-hybridized carbons (Fsp3) is 0.364. The standard InChI is InChI=1S/C11H12FNO2/c1-8-4-6-15-10(8)11(14)13-5-2-3-9(12)7-13/h3-4,6H,2,5,7H2,1H3. The van der Waals surface area contributed by atoms with Crippen LogP contribution in [0, 0.1) is 6.92 Å². The minimum atomic E-state index is -0.251. The maximum atomic E-state index is 13.0. The topological polar surface area (TPSA) is 33.5 Å². The Kier molecular flexibility index (Phi) is 2.58. The second-order valence-electron chi connectivity index (χ2n) is 3.60. The van der Waals surface area contributed by atoms with Gasteiger partial charge in [0.05, 0.1) is 12.8 Å². The van der Waals surface area contributed by atoms with Crippen molar-refractivity contribution in [1.29, 1.82) is 0 Å². The Morgan fingerprint density at radius 2 is 2.40 bits per heavy atom. The third-order valence-corrected chi connectivity index (χ3v) is 2.45. The van der Waals surface area contributed by atoms with E-state index in [2.05, 4.69) is 0 Å². The van der Waals surface area contributed by atoms with Crippen LogP contribution in [-0.4, -0.2) is 23.9 Å². The van der Waals surface area contributed by atoms with Crippen molar-refractivity contribution in [2.24, 2.45) is 0 Å². The molecular formula is C11H12FNO2. The van der Waals surface area contributed by atoms with Crippen LogP contribution in [0.25, 0.3) is 0 Å². The summed E-state index contributed by atoms with van der Waals surface area (Å²) in [6, 6.07) is 1.73. The van der Waals surface area contributed by atoms with Crippen LogP contribution in [0.4, 0.5) is 4.39 Å². The van der Waals surface area contributed by atoms with Crippen molar-refractivity contribution in [2.45, 2.75) is 13.3 Å².